The number of aryl methyl sites for hydroxylation is 3. The van der Waals surface area contributed by atoms with Crippen molar-refractivity contribution < 1.29 is 14.3 Å². The molecule has 3 aromatic rings. The number of nitrogens with zero attached hydrogens (tertiary/aromatic N) is 3. The maximum atomic E-state index is 13.3. The van der Waals surface area contributed by atoms with Crippen LogP contribution in [0.4, 0.5) is 0 Å². The fourth-order valence-electron chi connectivity index (χ4n) is 3.46. The third-order valence-corrected chi connectivity index (χ3v) is 5.01. The van der Waals surface area contributed by atoms with Crippen molar-refractivity contribution in [2.24, 2.45) is 7.05 Å². The van der Waals surface area contributed by atoms with Crippen LogP contribution in [0.25, 0.3) is 11.0 Å². The maximum Gasteiger partial charge on any atom is 0.308 e. The number of halogens is 1. The van der Waals surface area contributed by atoms with Crippen molar-refractivity contribution in [1.82, 2.24) is 20.1 Å². The molecule has 158 valence electrons. The number of aromatic nitrogens is 3. The van der Waals surface area contributed by atoms with Crippen molar-refractivity contribution in [2.75, 3.05) is 0 Å². The fraction of sp³-hybridized carbons (Fsp3) is 0.364. The van der Waals surface area contributed by atoms with Gasteiger partial charge < -0.3 is 10.1 Å². The van der Waals surface area contributed by atoms with Crippen LogP contribution in [-0.4, -0.2) is 32.7 Å². The van der Waals surface area contributed by atoms with E-state index in [2.05, 4.69) is 15.4 Å². The Labute approximate surface area is 180 Å². The van der Waals surface area contributed by atoms with Crippen LogP contribution in [0, 0.1) is 13.8 Å². The zero-order chi connectivity index (χ0) is 22.0. The van der Waals surface area contributed by atoms with Crippen LogP contribution in [0.15, 0.2) is 30.3 Å². The van der Waals surface area contributed by atoms with E-state index in [0.29, 0.717) is 38.6 Å². The minimum Gasteiger partial charge on any atom is -0.463 e. The summed E-state index contributed by atoms with van der Waals surface area (Å²) >= 11 is 6.36. The van der Waals surface area contributed by atoms with E-state index in [1.807, 2.05) is 19.9 Å². The van der Waals surface area contributed by atoms with Crippen LogP contribution >= 0.6 is 11.6 Å². The number of amides is 1. The Hall–Kier alpha value is -2.93. The first kappa shape index (κ1) is 21.8. The van der Waals surface area contributed by atoms with Crippen molar-refractivity contribution in [1.29, 1.82) is 0 Å². The van der Waals surface area contributed by atoms with E-state index in [1.54, 1.807) is 49.8 Å². The Morgan fingerprint density at radius 1 is 1.23 bits per heavy atom. The van der Waals surface area contributed by atoms with Crippen molar-refractivity contribution >= 4 is 34.5 Å². The summed E-state index contributed by atoms with van der Waals surface area (Å²) in [4.78, 5) is 30.1. The van der Waals surface area contributed by atoms with Gasteiger partial charge in [0.1, 0.15) is 0 Å². The van der Waals surface area contributed by atoms with Crippen molar-refractivity contribution in [3.8, 4) is 0 Å². The van der Waals surface area contributed by atoms with E-state index in [4.69, 9.17) is 16.3 Å². The number of rotatable bonds is 6. The van der Waals surface area contributed by atoms with Crippen LogP contribution < -0.4 is 5.32 Å². The Balaban J connectivity index is 1.99. The second-order valence-corrected chi connectivity index (χ2v) is 7.92. The zero-order valence-electron chi connectivity index (χ0n) is 17.7. The summed E-state index contributed by atoms with van der Waals surface area (Å²) < 4.78 is 6.94. The fourth-order valence-corrected chi connectivity index (χ4v) is 3.73. The summed E-state index contributed by atoms with van der Waals surface area (Å²) in [7, 11) is 1.79. The molecule has 1 atom stereocenters. The van der Waals surface area contributed by atoms with Crippen molar-refractivity contribution in [2.45, 2.75) is 46.3 Å². The molecule has 2 heterocycles. The molecule has 0 radical (unpaired) electrons. The van der Waals surface area contributed by atoms with Crippen LogP contribution in [0.2, 0.25) is 5.02 Å². The second-order valence-electron chi connectivity index (χ2n) is 7.51. The minimum absolute atomic E-state index is 0.0348. The molecule has 8 heteroatoms. The molecule has 30 heavy (non-hydrogen) atoms. The number of ether oxygens (including phenoxy) is 1. The monoisotopic (exact) mass is 428 g/mol. The minimum atomic E-state index is -0.641. The van der Waals surface area contributed by atoms with Crippen molar-refractivity contribution in [3.63, 3.8) is 0 Å². The molecule has 0 saturated heterocycles. The number of benzene rings is 1. The van der Waals surface area contributed by atoms with Gasteiger partial charge in [0, 0.05) is 17.8 Å². The first-order valence-electron chi connectivity index (χ1n) is 9.73. The van der Waals surface area contributed by atoms with Crippen LogP contribution in [0.1, 0.15) is 53.6 Å². The summed E-state index contributed by atoms with van der Waals surface area (Å²) in [5.74, 6) is -0.743. The first-order chi connectivity index (χ1) is 14.2. The average Bonchev–Trinajstić information content (AvgIpc) is 2.94. The van der Waals surface area contributed by atoms with E-state index in [1.165, 1.54) is 0 Å². The normalized spacial score (nSPS) is 12.2. The van der Waals surface area contributed by atoms with Crippen LogP contribution in [0.5, 0.6) is 0 Å². The summed E-state index contributed by atoms with van der Waals surface area (Å²) in [6.45, 7) is 7.22. The lowest BCUT2D eigenvalue weighted by Crippen LogP contribution is -2.31. The Kier molecular flexibility index (Phi) is 6.41. The smallest absolute Gasteiger partial charge is 0.308 e. The number of carbonyl (C=O) groups excluding carboxylic acids is 2. The predicted octanol–water partition coefficient (Wildman–Crippen LogP) is 4.05. The highest BCUT2D eigenvalue weighted by Crippen LogP contribution is 2.27. The van der Waals surface area contributed by atoms with Gasteiger partial charge in [0.2, 0.25) is 0 Å². The molecule has 1 N–H and O–H groups in total. The maximum absolute atomic E-state index is 13.3. The Morgan fingerprint density at radius 3 is 2.60 bits per heavy atom. The van der Waals surface area contributed by atoms with Gasteiger partial charge in [-0.3, -0.25) is 14.3 Å². The first-order valence-corrected chi connectivity index (χ1v) is 10.1. The molecule has 0 saturated carbocycles. The van der Waals surface area contributed by atoms with E-state index in [0.717, 1.165) is 0 Å². The molecule has 2 aromatic heterocycles. The molecule has 0 fully saturated rings. The van der Waals surface area contributed by atoms with E-state index in [-0.39, 0.29) is 18.4 Å². The standard InChI is InChI=1S/C22H25ClN4O3/c1-12(2)30-19(28)11-18(15-8-6-7-9-17(15)23)25-22(29)16-10-13(3)24-21-20(16)14(4)26-27(21)5/h6-10,12,18H,11H2,1-5H3,(H,25,29). The highest BCUT2D eigenvalue weighted by atomic mass is 35.5. The van der Waals surface area contributed by atoms with Crippen LogP contribution in [0.3, 0.4) is 0 Å². The molecular formula is C22H25ClN4O3. The van der Waals surface area contributed by atoms with Gasteiger partial charge in [-0.25, -0.2) is 4.98 Å². The number of carbonyl (C=O) groups is 2. The summed E-state index contributed by atoms with van der Waals surface area (Å²) in [6.07, 6.45) is -0.284. The van der Waals surface area contributed by atoms with E-state index < -0.39 is 12.0 Å². The number of nitrogens with one attached hydrogen (secondary N) is 1. The molecular weight excluding hydrogens is 404 g/mol. The van der Waals surface area contributed by atoms with Gasteiger partial charge in [0.25, 0.3) is 5.91 Å². The lowest BCUT2D eigenvalue weighted by molar-refractivity contribution is -0.147. The highest BCUT2D eigenvalue weighted by Gasteiger charge is 2.25. The van der Waals surface area contributed by atoms with E-state index in [9.17, 15) is 9.59 Å². The molecule has 1 aromatic carbocycles. The summed E-state index contributed by atoms with van der Waals surface area (Å²) in [5.41, 5.74) is 3.14. The van der Waals surface area contributed by atoms with Crippen LogP contribution in [-0.2, 0) is 16.6 Å². The van der Waals surface area contributed by atoms with Gasteiger partial charge in [-0.15, -0.1) is 0 Å². The van der Waals surface area contributed by atoms with Gasteiger partial charge in [-0.2, -0.15) is 5.10 Å². The average molecular weight is 429 g/mol. The van der Waals surface area contributed by atoms with Gasteiger partial charge in [-0.1, -0.05) is 29.8 Å². The number of hydrogen-bond acceptors (Lipinski definition) is 5. The Bertz CT molecular complexity index is 1110. The highest BCUT2D eigenvalue weighted by molar-refractivity contribution is 6.31. The lowest BCUT2D eigenvalue weighted by Gasteiger charge is -2.21. The molecule has 0 aliphatic carbocycles. The van der Waals surface area contributed by atoms with Gasteiger partial charge in [0.15, 0.2) is 5.65 Å². The predicted molar refractivity (Wildman–Crippen MR) is 115 cm³/mol. The summed E-state index contributed by atoms with van der Waals surface area (Å²) in [5, 5.41) is 8.50. The number of hydrogen-bond donors (Lipinski definition) is 1. The quantitative estimate of drug-likeness (QED) is 0.598. The van der Waals surface area contributed by atoms with Gasteiger partial charge in [-0.05, 0) is 45.4 Å². The SMILES string of the molecule is Cc1cc(C(=O)NC(CC(=O)OC(C)C)c2ccccc2Cl)c2c(C)nn(C)c2n1. The van der Waals surface area contributed by atoms with Gasteiger partial charge in [0.05, 0.1) is 35.2 Å². The second kappa shape index (κ2) is 8.83. The number of fused-ring (bicyclic) bond motifs is 1. The third kappa shape index (κ3) is 4.62. The molecule has 1 amide bonds. The molecule has 7 nitrogen and oxygen atoms in total. The molecule has 0 bridgehead atoms. The number of pyridine rings is 1. The van der Waals surface area contributed by atoms with Crippen molar-refractivity contribution in [3.05, 3.63) is 57.9 Å². The lowest BCUT2D eigenvalue weighted by atomic mass is 10.0. The molecule has 0 spiro atoms. The molecule has 1 unspecified atom stereocenters. The third-order valence-electron chi connectivity index (χ3n) is 4.67. The Morgan fingerprint density at radius 2 is 1.93 bits per heavy atom. The topological polar surface area (TPSA) is 86.1 Å². The largest absolute Gasteiger partial charge is 0.463 e. The molecule has 0 aliphatic heterocycles. The van der Waals surface area contributed by atoms with E-state index >= 15 is 0 Å². The summed E-state index contributed by atoms with van der Waals surface area (Å²) in [6, 6.07) is 8.21. The molecule has 0 aliphatic rings. The zero-order valence-corrected chi connectivity index (χ0v) is 18.4. The number of esters is 1. The molecule has 3 rings (SSSR count). The van der Waals surface area contributed by atoms with Gasteiger partial charge >= 0.3 is 5.97 Å².